The summed E-state index contributed by atoms with van der Waals surface area (Å²) < 4.78 is 9.64. The van der Waals surface area contributed by atoms with Gasteiger partial charge in [0.2, 0.25) is 5.95 Å². The first kappa shape index (κ1) is 28.9. The third kappa shape index (κ3) is 6.15. The van der Waals surface area contributed by atoms with E-state index in [2.05, 4.69) is 46.5 Å². The summed E-state index contributed by atoms with van der Waals surface area (Å²) in [6, 6.07) is 7.28. The second-order valence-electron chi connectivity index (χ2n) is 10.9. The molecule has 0 atom stereocenters. The highest BCUT2D eigenvalue weighted by Gasteiger charge is 2.37. The summed E-state index contributed by atoms with van der Waals surface area (Å²) in [5, 5.41) is 7.05. The first-order chi connectivity index (χ1) is 19.2. The van der Waals surface area contributed by atoms with Gasteiger partial charge in [-0.25, -0.2) is 8.10 Å². The van der Waals surface area contributed by atoms with Crippen molar-refractivity contribution in [3.63, 3.8) is 0 Å². The van der Waals surface area contributed by atoms with Gasteiger partial charge in [0.05, 0.1) is 11.7 Å². The Morgan fingerprint density at radius 2 is 1.85 bits per heavy atom. The maximum Gasteiger partial charge on any atom is 0.293 e. The second-order valence-corrected chi connectivity index (χ2v) is 12.7. The molecule has 2 aromatic heterocycles. The van der Waals surface area contributed by atoms with Crippen molar-refractivity contribution in [3.05, 3.63) is 45.8 Å². The Bertz CT molecular complexity index is 1450. The van der Waals surface area contributed by atoms with Crippen LogP contribution in [-0.4, -0.2) is 63.4 Å². The predicted molar refractivity (Wildman–Crippen MR) is 167 cm³/mol. The van der Waals surface area contributed by atoms with Crippen molar-refractivity contribution in [2.75, 3.05) is 50.1 Å². The van der Waals surface area contributed by atoms with Crippen molar-refractivity contribution in [1.82, 2.24) is 23.0 Å². The van der Waals surface area contributed by atoms with Crippen molar-refractivity contribution in [3.8, 4) is 5.75 Å². The summed E-state index contributed by atoms with van der Waals surface area (Å²) in [5.74, 6) is 1.01. The number of anilines is 3. The maximum absolute atomic E-state index is 13.1. The monoisotopic (exact) mass is 679 g/mol. The highest BCUT2D eigenvalue weighted by Crippen LogP contribution is 2.42. The van der Waals surface area contributed by atoms with Crippen molar-refractivity contribution >= 4 is 68.7 Å². The number of benzene rings is 1. The lowest BCUT2D eigenvalue weighted by Gasteiger charge is -2.45. The minimum atomic E-state index is -0.310. The standard InChI is InChI=1S/C28H35ClIN7O3/c1-18(2)37-22-5-4-20(14-19(22)15-23(26(37)39)40-17-24(38)31-3)33-25-21(29)16-32-27(34-25)35-10-6-28(7-11-35)8-12-36(30)13-9-28/h4-5,14-16,18H,6-13,17H2,1-3H3,(H,31,38)(H,32,33,34). The summed E-state index contributed by atoms with van der Waals surface area (Å²) in [7, 11) is 1.53. The Labute approximate surface area is 252 Å². The number of fused-ring (bicyclic) bond motifs is 1. The van der Waals surface area contributed by atoms with Gasteiger partial charge in [0, 0.05) is 73.2 Å². The fourth-order valence-corrected chi connectivity index (χ4v) is 6.22. The third-order valence-corrected chi connectivity index (χ3v) is 9.27. The van der Waals surface area contributed by atoms with Crippen LogP contribution in [0, 0.1) is 5.41 Å². The van der Waals surface area contributed by atoms with Gasteiger partial charge < -0.3 is 24.8 Å². The molecule has 2 aliphatic rings. The molecule has 0 aliphatic carbocycles. The first-order valence-electron chi connectivity index (χ1n) is 13.7. The van der Waals surface area contributed by atoms with Gasteiger partial charge in [0.15, 0.2) is 18.2 Å². The van der Waals surface area contributed by atoms with Gasteiger partial charge in [-0.05, 0) is 69.2 Å². The molecule has 1 spiro atoms. The van der Waals surface area contributed by atoms with E-state index in [1.165, 1.54) is 19.9 Å². The number of amides is 1. The van der Waals surface area contributed by atoms with E-state index in [0.29, 0.717) is 22.2 Å². The van der Waals surface area contributed by atoms with Gasteiger partial charge in [0.1, 0.15) is 5.02 Å². The Balaban J connectivity index is 1.37. The van der Waals surface area contributed by atoms with Gasteiger partial charge in [-0.1, -0.05) is 11.6 Å². The Kier molecular flexibility index (Phi) is 8.72. The molecule has 2 aliphatic heterocycles. The van der Waals surface area contributed by atoms with Crippen LogP contribution in [0.1, 0.15) is 45.6 Å². The Morgan fingerprint density at radius 1 is 1.15 bits per heavy atom. The average molecular weight is 680 g/mol. The smallest absolute Gasteiger partial charge is 0.293 e. The molecule has 10 nitrogen and oxygen atoms in total. The number of piperidine rings is 2. The quantitative estimate of drug-likeness (QED) is 0.268. The van der Waals surface area contributed by atoms with Crippen LogP contribution in [0.3, 0.4) is 0 Å². The molecule has 2 fully saturated rings. The van der Waals surface area contributed by atoms with Gasteiger partial charge in [0.25, 0.3) is 11.5 Å². The lowest BCUT2D eigenvalue weighted by molar-refractivity contribution is -0.122. The molecule has 0 bridgehead atoms. The number of hydrogen-bond donors (Lipinski definition) is 2. The van der Waals surface area contributed by atoms with Crippen molar-refractivity contribution in [2.24, 2.45) is 5.41 Å². The van der Waals surface area contributed by atoms with Crippen LogP contribution in [0.5, 0.6) is 5.75 Å². The van der Waals surface area contributed by atoms with Crippen LogP contribution in [-0.2, 0) is 4.79 Å². The highest BCUT2D eigenvalue weighted by atomic mass is 127. The number of likely N-dealkylation sites (N-methyl/N-ethyl adjacent to an activating group) is 1. The summed E-state index contributed by atoms with van der Waals surface area (Å²) in [6.07, 6.45) is 6.46. The van der Waals surface area contributed by atoms with Crippen molar-refractivity contribution in [1.29, 1.82) is 0 Å². The van der Waals surface area contributed by atoms with Crippen LogP contribution in [0.4, 0.5) is 17.5 Å². The van der Waals surface area contributed by atoms with E-state index in [1.54, 1.807) is 16.8 Å². The van der Waals surface area contributed by atoms with Crippen molar-refractivity contribution < 1.29 is 9.53 Å². The Morgan fingerprint density at radius 3 is 2.52 bits per heavy atom. The van der Waals surface area contributed by atoms with Gasteiger partial charge in [-0.3, -0.25) is 9.59 Å². The fourth-order valence-electron chi connectivity index (χ4n) is 5.60. The SMILES string of the molecule is CNC(=O)COc1cc2cc(Nc3nc(N4CCC5(CCN(I)CC5)CC4)ncc3Cl)ccc2n(C(C)C)c1=O. The van der Waals surface area contributed by atoms with E-state index in [1.807, 2.05) is 32.0 Å². The number of pyridine rings is 1. The number of aromatic nitrogens is 3. The summed E-state index contributed by atoms with van der Waals surface area (Å²) >= 11 is 8.95. The molecule has 5 rings (SSSR count). The fraction of sp³-hybridized carbons (Fsp3) is 0.500. The van der Waals surface area contributed by atoms with E-state index in [-0.39, 0.29) is 29.9 Å². The molecule has 1 amide bonds. The number of carbonyl (C=O) groups is 1. The largest absolute Gasteiger partial charge is 0.478 e. The Hall–Kier alpha value is -2.64. The van der Waals surface area contributed by atoms with Crippen LogP contribution in [0.2, 0.25) is 5.02 Å². The topological polar surface area (TPSA) is 105 Å². The zero-order valence-electron chi connectivity index (χ0n) is 23.0. The zero-order valence-corrected chi connectivity index (χ0v) is 26.0. The molecule has 0 radical (unpaired) electrons. The van der Waals surface area contributed by atoms with E-state index < -0.39 is 0 Å². The van der Waals surface area contributed by atoms with Crippen molar-refractivity contribution in [2.45, 2.75) is 45.6 Å². The molecule has 0 unspecified atom stereocenters. The summed E-state index contributed by atoms with van der Waals surface area (Å²) in [5.41, 5.74) is 1.69. The molecule has 3 aromatic rings. The van der Waals surface area contributed by atoms with Crippen LogP contribution < -0.4 is 25.8 Å². The number of nitrogens with zero attached hydrogens (tertiary/aromatic N) is 5. The van der Waals surface area contributed by atoms with E-state index in [4.69, 9.17) is 21.3 Å². The summed E-state index contributed by atoms with van der Waals surface area (Å²) in [4.78, 5) is 36.4. The van der Waals surface area contributed by atoms with Gasteiger partial charge >= 0.3 is 0 Å². The van der Waals surface area contributed by atoms with E-state index in [9.17, 15) is 9.59 Å². The normalized spacial score (nSPS) is 17.4. The number of rotatable bonds is 7. The number of nitrogens with one attached hydrogen (secondary N) is 2. The second kappa shape index (κ2) is 12.1. The molecule has 2 saturated heterocycles. The third-order valence-electron chi connectivity index (χ3n) is 8.03. The number of carbonyl (C=O) groups excluding carboxylic acids is 1. The van der Waals surface area contributed by atoms with Gasteiger partial charge in [-0.2, -0.15) is 4.98 Å². The van der Waals surface area contributed by atoms with E-state index >= 15 is 0 Å². The van der Waals surface area contributed by atoms with Crippen LogP contribution >= 0.6 is 34.5 Å². The lowest BCUT2D eigenvalue weighted by atomic mass is 9.72. The maximum atomic E-state index is 13.1. The first-order valence-corrected chi connectivity index (χ1v) is 15.0. The molecule has 4 heterocycles. The molecule has 0 saturated carbocycles. The predicted octanol–water partition coefficient (Wildman–Crippen LogP) is 4.93. The number of ether oxygens (including phenoxy) is 1. The highest BCUT2D eigenvalue weighted by molar-refractivity contribution is 14.1. The lowest BCUT2D eigenvalue weighted by Crippen LogP contribution is -2.45. The molecule has 40 heavy (non-hydrogen) atoms. The molecular formula is C28H35ClIN7O3. The van der Waals surface area contributed by atoms with Crippen LogP contribution in [0.25, 0.3) is 10.9 Å². The minimum absolute atomic E-state index is 0.103. The molecule has 214 valence electrons. The molecule has 12 heteroatoms. The number of halogens is 2. The van der Waals surface area contributed by atoms with Gasteiger partial charge in [-0.15, -0.1) is 0 Å². The molecular weight excluding hydrogens is 645 g/mol. The van der Waals surface area contributed by atoms with Crippen LogP contribution in [0.15, 0.2) is 35.3 Å². The number of hydrogen-bond acceptors (Lipinski definition) is 8. The average Bonchev–Trinajstić information content (AvgIpc) is 2.95. The van der Waals surface area contributed by atoms with E-state index in [0.717, 1.165) is 55.6 Å². The molecule has 2 N–H and O–H groups in total. The zero-order chi connectivity index (χ0) is 28.4. The summed E-state index contributed by atoms with van der Waals surface area (Å²) in [6.45, 7) is 7.83. The molecule has 1 aromatic carbocycles. The minimum Gasteiger partial charge on any atom is -0.478 e.